The minimum atomic E-state index is -0.298. The molecule has 162 valence electrons. The van der Waals surface area contributed by atoms with E-state index in [1.807, 2.05) is 6.08 Å². The predicted molar refractivity (Wildman–Crippen MR) is 119 cm³/mol. The van der Waals surface area contributed by atoms with Crippen LogP contribution in [0.1, 0.15) is 49.7 Å². The summed E-state index contributed by atoms with van der Waals surface area (Å²) in [6, 6.07) is 7.02. The smallest absolute Gasteiger partial charge is 0.310 e. The molecule has 2 aliphatic rings. The molecule has 1 aromatic heterocycles. The lowest BCUT2D eigenvalue weighted by Gasteiger charge is -2.46. The van der Waals surface area contributed by atoms with Gasteiger partial charge in [0.2, 0.25) is 0 Å². The number of allylic oxidation sites excluding steroid dienone is 1. The maximum Gasteiger partial charge on any atom is 0.310 e. The molecule has 1 fully saturated rings. The summed E-state index contributed by atoms with van der Waals surface area (Å²) in [6.45, 7) is 8.69. The van der Waals surface area contributed by atoms with Crippen molar-refractivity contribution >= 4 is 16.9 Å². The summed E-state index contributed by atoms with van der Waals surface area (Å²) in [7, 11) is 0. The van der Waals surface area contributed by atoms with Gasteiger partial charge in [-0.15, -0.1) is 6.58 Å². The summed E-state index contributed by atoms with van der Waals surface area (Å²) in [5, 5.41) is 1.37. The second-order valence-corrected chi connectivity index (χ2v) is 8.65. The van der Waals surface area contributed by atoms with E-state index in [1.54, 1.807) is 0 Å². The van der Waals surface area contributed by atoms with Crippen molar-refractivity contribution in [1.82, 2.24) is 9.47 Å². The molecule has 0 amide bonds. The van der Waals surface area contributed by atoms with Crippen molar-refractivity contribution in [3.8, 4) is 0 Å². The third kappa shape index (κ3) is 3.92. The number of esters is 1. The van der Waals surface area contributed by atoms with E-state index in [0.717, 1.165) is 45.3 Å². The molecule has 2 aromatic rings. The Balaban J connectivity index is 1.56. The Morgan fingerprint density at radius 2 is 2.20 bits per heavy atom. The van der Waals surface area contributed by atoms with Crippen molar-refractivity contribution in [2.24, 2.45) is 5.92 Å². The number of alkyl halides is 1. The molecule has 0 N–H and O–H groups in total. The zero-order valence-electron chi connectivity index (χ0n) is 18.0. The number of rotatable bonds is 9. The number of aromatic nitrogens is 1. The SMILES string of the molecule is C=CCn1cc2c3c(cccc31)C1C[C@@H](C(=O)OCCCCCF)CN(CC)[C@@H]1C2. The van der Waals surface area contributed by atoms with E-state index in [0.29, 0.717) is 25.0 Å². The number of halogens is 1. The maximum atomic E-state index is 12.8. The van der Waals surface area contributed by atoms with Gasteiger partial charge in [0, 0.05) is 42.1 Å². The Hall–Kier alpha value is -2.14. The molecule has 4 nitrogen and oxygen atoms in total. The molecule has 3 atom stereocenters. The van der Waals surface area contributed by atoms with Crippen LogP contribution in [0.2, 0.25) is 0 Å². The van der Waals surface area contributed by atoms with Gasteiger partial charge < -0.3 is 9.30 Å². The van der Waals surface area contributed by atoms with E-state index in [-0.39, 0.29) is 18.6 Å². The zero-order valence-corrected chi connectivity index (χ0v) is 18.0. The van der Waals surface area contributed by atoms with Crippen molar-refractivity contribution in [3.05, 3.63) is 48.2 Å². The highest BCUT2D eigenvalue weighted by atomic mass is 19.1. The summed E-state index contributed by atoms with van der Waals surface area (Å²) in [6.07, 6.45) is 8.16. The number of carbonyl (C=O) groups excluding carboxylic acids is 1. The number of benzene rings is 1. The number of hydrogen-bond acceptors (Lipinski definition) is 3. The fourth-order valence-electron chi connectivity index (χ4n) is 5.46. The van der Waals surface area contributed by atoms with E-state index in [9.17, 15) is 9.18 Å². The lowest BCUT2D eigenvalue weighted by molar-refractivity contribution is -0.151. The third-order valence-corrected chi connectivity index (χ3v) is 6.86. The quantitative estimate of drug-likeness (QED) is 0.335. The van der Waals surface area contributed by atoms with Gasteiger partial charge in [0.15, 0.2) is 0 Å². The van der Waals surface area contributed by atoms with E-state index in [2.05, 4.69) is 47.4 Å². The van der Waals surface area contributed by atoms with Crippen LogP contribution >= 0.6 is 0 Å². The largest absolute Gasteiger partial charge is 0.465 e. The first kappa shape index (κ1) is 21.1. The van der Waals surface area contributed by atoms with Crippen LogP contribution < -0.4 is 0 Å². The normalized spacial score (nSPS) is 23.3. The number of ether oxygens (including phenoxy) is 1. The van der Waals surface area contributed by atoms with Crippen molar-refractivity contribution < 1.29 is 13.9 Å². The predicted octanol–water partition coefficient (Wildman–Crippen LogP) is 4.86. The summed E-state index contributed by atoms with van der Waals surface area (Å²) >= 11 is 0. The van der Waals surface area contributed by atoms with E-state index < -0.39 is 0 Å². The summed E-state index contributed by atoms with van der Waals surface area (Å²) in [5.41, 5.74) is 4.05. The highest BCUT2D eigenvalue weighted by Gasteiger charge is 2.42. The van der Waals surface area contributed by atoms with Crippen LogP contribution in [0, 0.1) is 5.92 Å². The van der Waals surface area contributed by atoms with Crippen molar-refractivity contribution in [3.63, 3.8) is 0 Å². The minimum Gasteiger partial charge on any atom is -0.465 e. The van der Waals surface area contributed by atoms with Crippen molar-refractivity contribution in [1.29, 1.82) is 0 Å². The molecule has 1 aromatic carbocycles. The van der Waals surface area contributed by atoms with Crippen molar-refractivity contribution in [2.75, 3.05) is 26.4 Å². The molecule has 0 saturated carbocycles. The topological polar surface area (TPSA) is 34.5 Å². The van der Waals surface area contributed by atoms with Crippen LogP contribution in [0.25, 0.3) is 10.9 Å². The Kier molecular flexibility index (Phi) is 6.57. The number of likely N-dealkylation sites (tertiary alicyclic amines) is 1. The monoisotopic (exact) mass is 412 g/mol. The van der Waals surface area contributed by atoms with Crippen LogP contribution in [0.15, 0.2) is 37.1 Å². The molecule has 2 heterocycles. The van der Waals surface area contributed by atoms with Crippen LogP contribution in [-0.2, 0) is 22.5 Å². The van der Waals surface area contributed by atoms with E-state index in [4.69, 9.17) is 4.74 Å². The molecular formula is C25H33FN2O2. The number of likely N-dealkylation sites (N-methyl/N-ethyl adjacent to an activating group) is 1. The first-order valence-electron chi connectivity index (χ1n) is 11.4. The second kappa shape index (κ2) is 9.34. The molecule has 5 heteroatoms. The number of nitrogens with zero attached hydrogens (tertiary/aromatic N) is 2. The van der Waals surface area contributed by atoms with Gasteiger partial charge in [0.1, 0.15) is 0 Å². The van der Waals surface area contributed by atoms with E-state index >= 15 is 0 Å². The fraction of sp³-hybridized carbons (Fsp3) is 0.560. The molecular weight excluding hydrogens is 379 g/mol. The number of unbranched alkanes of at least 4 members (excludes halogenated alkanes) is 2. The molecule has 1 unspecified atom stereocenters. The average Bonchev–Trinajstić information content (AvgIpc) is 3.12. The molecule has 4 rings (SSSR count). The Morgan fingerprint density at radius 3 is 2.97 bits per heavy atom. The van der Waals surface area contributed by atoms with Crippen LogP contribution in [0.3, 0.4) is 0 Å². The van der Waals surface area contributed by atoms with Gasteiger partial charge >= 0.3 is 5.97 Å². The molecule has 30 heavy (non-hydrogen) atoms. The third-order valence-electron chi connectivity index (χ3n) is 6.86. The Bertz CT molecular complexity index is 906. The molecule has 0 bridgehead atoms. The number of piperidine rings is 1. The second-order valence-electron chi connectivity index (χ2n) is 8.65. The molecule has 1 saturated heterocycles. The van der Waals surface area contributed by atoms with Crippen LogP contribution in [-0.4, -0.2) is 47.8 Å². The first-order valence-corrected chi connectivity index (χ1v) is 11.4. The van der Waals surface area contributed by atoms with Gasteiger partial charge in [-0.05, 0) is 55.8 Å². The number of fused-ring (bicyclic) bond motifs is 2. The maximum absolute atomic E-state index is 12.8. The highest BCUT2D eigenvalue weighted by Crippen LogP contribution is 2.45. The lowest BCUT2D eigenvalue weighted by atomic mass is 9.72. The van der Waals surface area contributed by atoms with Gasteiger partial charge in [0.25, 0.3) is 0 Å². The summed E-state index contributed by atoms with van der Waals surface area (Å²) < 4.78 is 20.1. The average molecular weight is 413 g/mol. The van der Waals surface area contributed by atoms with Gasteiger partial charge in [0.05, 0.1) is 19.2 Å². The van der Waals surface area contributed by atoms with Gasteiger partial charge in [-0.25, -0.2) is 0 Å². The van der Waals surface area contributed by atoms with Gasteiger partial charge in [-0.1, -0.05) is 25.1 Å². The first-order chi connectivity index (χ1) is 14.7. The highest BCUT2D eigenvalue weighted by molar-refractivity contribution is 5.89. The van der Waals surface area contributed by atoms with Crippen molar-refractivity contribution in [2.45, 2.75) is 57.5 Å². The molecule has 0 spiro atoms. The molecule has 1 aliphatic heterocycles. The van der Waals surface area contributed by atoms with E-state index in [1.165, 1.54) is 22.0 Å². The lowest BCUT2D eigenvalue weighted by Crippen LogP contribution is -2.51. The van der Waals surface area contributed by atoms with Gasteiger partial charge in [-0.3, -0.25) is 14.1 Å². The van der Waals surface area contributed by atoms with Crippen LogP contribution in [0.5, 0.6) is 0 Å². The molecule has 1 aliphatic carbocycles. The Labute approximate surface area is 178 Å². The zero-order chi connectivity index (χ0) is 21.1. The number of carbonyl (C=O) groups is 1. The van der Waals surface area contributed by atoms with Crippen LogP contribution in [0.4, 0.5) is 4.39 Å². The van der Waals surface area contributed by atoms with Gasteiger partial charge in [-0.2, -0.15) is 0 Å². The molecule has 0 radical (unpaired) electrons. The standard InChI is InChI=1S/C25H33FN2O2/c1-3-12-28-16-18-15-23-21(20-9-8-10-22(28)24(18)20)14-19(17-27(23)4-2)25(29)30-13-7-5-6-11-26/h3,8-10,16,19,21,23H,1,4-7,11-15,17H2,2H3/t19-,21?,23-/m1/s1. The summed E-state index contributed by atoms with van der Waals surface area (Å²) in [5.74, 6) is 0.160. The minimum absolute atomic E-state index is 0.0886. The fourth-order valence-corrected chi connectivity index (χ4v) is 5.46. The number of hydrogen-bond donors (Lipinski definition) is 0. The Morgan fingerprint density at radius 1 is 1.33 bits per heavy atom. The summed E-state index contributed by atoms with van der Waals surface area (Å²) in [4.78, 5) is 15.3.